The molecule has 0 saturated heterocycles. The molecule has 2 N–H and O–H groups in total. The molecule has 0 spiro atoms. The molecule has 1 aliphatic rings. The van der Waals surface area contributed by atoms with Crippen molar-refractivity contribution in [1.82, 2.24) is 10.6 Å². The van der Waals surface area contributed by atoms with Gasteiger partial charge in [0.05, 0.1) is 21.3 Å². The molecular weight excluding hydrogens is 421 g/mol. The number of nitrogens with zero attached hydrogens (tertiary/aromatic N) is 1. The van der Waals surface area contributed by atoms with Gasteiger partial charge in [0, 0.05) is 25.2 Å². The molecule has 0 aromatic heterocycles. The zero-order valence-corrected chi connectivity index (χ0v) is 16.9. The van der Waals surface area contributed by atoms with Gasteiger partial charge in [0.15, 0.2) is 17.5 Å². The lowest BCUT2D eigenvalue weighted by molar-refractivity contribution is 0.322. The van der Waals surface area contributed by atoms with Crippen molar-refractivity contribution in [1.29, 1.82) is 0 Å². The molecule has 24 heavy (non-hydrogen) atoms. The summed E-state index contributed by atoms with van der Waals surface area (Å²) in [6, 6.07) is 4.24. The van der Waals surface area contributed by atoms with Crippen LogP contribution in [-0.2, 0) is 6.54 Å². The number of aliphatic imine (C=N–C) groups is 1. The molecule has 0 saturated carbocycles. The maximum atomic E-state index is 5.49. The highest BCUT2D eigenvalue weighted by atomic mass is 127. The van der Waals surface area contributed by atoms with Crippen molar-refractivity contribution >= 4 is 29.9 Å². The molecule has 0 amide bonds. The van der Waals surface area contributed by atoms with Crippen molar-refractivity contribution in [3.05, 3.63) is 29.8 Å². The summed E-state index contributed by atoms with van der Waals surface area (Å²) in [5, 5.41) is 6.71. The summed E-state index contributed by atoms with van der Waals surface area (Å²) in [7, 11) is 6.60. The maximum absolute atomic E-state index is 5.49. The zero-order chi connectivity index (χ0) is 16.7. The first-order valence-corrected chi connectivity index (χ1v) is 7.63. The second-order valence-corrected chi connectivity index (χ2v) is 5.20. The van der Waals surface area contributed by atoms with E-state index in [0.717, 1.165) is 24.4 Å². The van der Waals surface area contributed by atoms with Crippen LogP contribution in [0.2, 0.25) is 0 Å². The van der Waals surface area contributed by atoms with E-state index in [-0.39, 0.29) is 24.0 Å². The van der Waals surface area contributed by atoms with Gasteiger partial charge in [-0.2, -0.15) is 0 Å². The van der Waals surface area contributed by atoms with Gasteiger partial charge in [0.25, 0.3) is 0 Å². The summed E-state index contributed by atoms with van der Waals surface area (Å²) in [4.78, 5) is 4.27. The van der Waals surface area contributed by atoms with E-state index in [1.54, 1.807) is 28.4 Å². The average molecular weight is 447 g/mol. The first kappa shape index (κ1) is 20.4. The van der Waals surface area contributed by atoms with E-state index in [4.69, 9.17) is 14.2 Å². The number of methoxy groups -OCH3 is 3. The fourth-order valence-electron chi connectivity index (χ4n) is 2.60. The molecule has 0 aliphatic heterocycles. The third-order valence-electron chi connectivity index (χ3n) is 3.80. The number of benzene rings is 1. The van der Waals surface area contributed by atoms with E-state index in [1.165, 1.54) is 0 Å². The number of nitrogens with one attached hydrogen (secondary N) is 2. The Kier molecular flexibility index (Phi) is 8.73. The highest BCUT2D eigenvalue weighted by Crippen LogP contribution is 2.39. The van der Waals surface area contributed by atoms with Crippen LogP contribution in [0, 0.1) is 0 Å². The fraction of sp³-hybridized carbons (Fsp3) is 0.471. The van der Waals surface area contributed by atoms with Gasteiger partial charge < -0.3 is 24.8 Å². The Morgan fingerprint density at radius 2 is 1.75 bits per heavy atom. The Bertz CT molecular complexity index is 583. The minimum atomic E-state index is 0. The van der Waals surface area contributed by atoms with Gasteiger partial charge in [0.1, 0.15) is 0 Å². The number of ether oxygens (including phenoxy) is 3. The molecule has 0 unspecified atom stereocenters. The van der Waals surface area contributed by atoms with Crippen LogP contribution < -0.4 is 24.8 Å². The Hall–Kier alpha value is -1.64. The lowest BCUT2D eigenvalue weighted by atomic mass is 10.1. The largest absolute Gasteiger partial charge is 0.493 e. The smallest absolute Gasteiger partial charge is 0.203 e. The highest BCUT2D eigenvalue weighted by molar-refractivity contribution is 14.0. The van der Waals surface area contributed by atoms with Gasteiger partial charge >= 0.3 is 0 Å². The van der Waals surface area contributed by atoms with Gasteiger partial charge in [-0.25, -0.2) is 0 Å². The second kappa shape index (κ2) is 10.3. The molecule has 134 valence electrons. The van der Waals surface area contributed by atoms with Crippen LogP contribution in [0.25, 0.3) is 0 Å². The quantitative estimate of drug-likeness (QED) is 0.304. The highest BCUT2D eigenvalue weighted by Gasteiger charge is 2.16. The van der Waals surface area contributed by atoms with Crippen molar-refractivity contribution in [3.8, 4) is 17.2 Å². The van der Waals surface area contributed by atoms with Crippen LogP contribution >= 0.6 is 24.0 Å². The number of guanidine groups is 1. The van der Waals surface area contributed by atoms with E-state index in [0.29, 0.717) is 29.8 Å². The molecule has 0 radical (unpaired) electrons. The molecule has 7 heteroatoms. The standard InChI is InChI=1S/C17H25N3O3.HI/c1-18-17(20-13-7-5-6-8-13)19-11-12-9-10-14(21-2)16(23-4)15(12)22-3;/h5-6,9-10,13H,7-8,11H2,1-4H3,(H2,18,19,20);1H. The van der Waals surface area contributed by atoms with Crippen LogP contribution in [0.4, 0.5) is 0 Å². The van der Waals surface area contributed by atoms with E-state index < -0.39 is 0 Å². The zero-order valence-electron chi connectivity index (χ0n) is 14.6. The normalized spacial score (nSPS) is 14.1. The van der Waals surface area contributed by atoms with Crippen LogP contribution in [0.5, 0.6) is 17.2 Å². The number of rotatable bonds is 6. The van der Waals surface area contributed by atoms with Crippen molar-refractivity contribution in [2.75, 3.05) is 28.4 Å². The van der Waals surface area contributed by atoms with Crippen LogP contribution in [0.15, 0.2) is 29.3 Å². The van der Waals surface area contributed by atoms with Crippen molar-refractivity contribution in [2.24, 2.45) is 4.99 Å². The van der Waals surface area contributed by atoms with E-state index in [2.05, 4.69) is 27.8 Å². The predicted molar refractivity (Wildman–Crippen MR) is 107 cm³/mol. The molecule has 0 bridgehead atoms. The number of hydrogen-bond donors (Lipinski definition) is 2. The molecule has 0 fully saturated rings. The fourth-order valence-corrected chi connectivity index (χ4v) is 2.60. The van der Waals surface area contributed by atoms with E-state index in [9.17, 15) is 0 Å². The van der Waals surface area contributed by atoms with Gasteiger partial charge in [-0.15, -0.1) is 24.0 Å². The molecule has 0 heterocycles. The first-order chi connectivity index (χ1) is 11.2. The molecular formula is C17H26IN3O3. The molecule has 1 aromatic rings. The minimum absolute atomic E-state index is 0. The summed E-state index contributed by atoms with van der Waals surface area (Å²) in [5.41, 5.74) is 0.970. The third kappa shape index (κ3) is 4.93. The molecule has 1 aliphatic carbocycles. The maximum Gasteiger partial charge on any atom is 0.203 e. The SMILES string of the molecule is CN=C(NCc1ccc(OC)c(OC)c1OC)NC1CC=CC1.I. The van der Waals surface area contributed by atoms with Gasteiger partial charge in [-0.3, -0.25) is 4.99 Å². The second-order valence-electron chi connectivity index (χ2n) is 5.20. The Balaban J connectivity index is 0.00000288. The van der Waals surface area contributed by atoms with Gasteiger partial charge in [0.2, 0.25) is 5.75 Å². The first-order valence-electron chi connectivity index (χ1n) is 7.63. The summed E-state index contributed by atoms with van der Waals surface area (Å²) >= 11 is 0. The topological polar surface area (TPSA) is 64.1 Å². The van der Waals surface area contributed by atoms with Crippen molar-refractivity contribution in [3.63, 3.8) is 0 Å². The van der Waals surface area contributed by atoms with E-state index >= 15 is 0 Å². The molecule has 0 atom stereocenters. The average Bonchev–Trinajstić information content (AvgIpc) is 3.10. The number of halogens is 1. The van der Waals surface area contributed by atoms with Crippen LogP contribution in [0.3, 0.4) is 0 Å². The minimum Gasteiger partial charge on any atom is -0.493 e. The third-order valence-corrected chi connectivity index (χ3v) is 3.80. The molecule has 6 nitrogen and oxygen atoms in total. The van der Waals surface area contributed by atoms with E-state index in [1.807, 2.05) is 12.1 Å². The Morgan fingerprint density at radius 1 is 1.08 bits per heavy atom. The summed E-state index contributed by atoms with van der Waals surface area (Å²) in [6.07, 6.45) is 6.42. The lowest BCUT2D eigenvalue weighted by Gasteiger charge is -2.19. The summed E-state index contributed by atoms with van der Waals surface area (Å²) in [6.45, 7) is 0.573. The van der Waals surface area contributed by atoms with Gasteiger partial charge in [-0.05, 0) is 25.0 Å². The monoisotopic (exact) mass is 447 g/mol. The summed E-state index contributed by atoms with van der Waals surface area (Å²) in [5.74, 6) is 2.68. The van der Waals surface area contributed by atoms with Crippen LogP contribution in [-0.4, -0.2) is 40.4 Å². The van der Waals surface area contributed by atoms with Crippen molar-refractivity contribution in [2.45, 2.75) is 25.4 Å². The van der Waals surface area contributed by atoms with Gasteiger partial charge in [-0.1, -0.05) is 12.2 Å². The van der Waals surface area contributed by atoms with Crippen molar-refractivity contribution < 1.29 is 14.2 Å². The molecule has 1 aromatic carbocycles. The van der Waals surface area contributed by atoms with Crippen LogP contribution in [0.1, 0.15) is 18.4 Å². The molecule has 2 rings (SSSR count). The lowest BCUT2D eigenvalue weighted by Crippen LogP contribution is -2.42. The number of hydrogen-bond acceptors (Lipinski definition) is 4. The predicted octanol–water partition coefficient (Wildman–Crippen LogP) is 2.71. The summed E-state index contributed by atoms with van der Waals surface area (Å²) < 4.78 is 16.2. The Morgan fingerprint density at radius 3 is 2.29 bits per heavy atom. The Labute approximate surface area is 160 Å².